The van der Waals surface area contributed by atoms with Crippen LogP contribution in [-0.4, -0.2) is 16.3 Å². The van der Waals surface area contributed by atoms with E-state index in [1.807, 2.05) is 13.8 Å². The van der Waals surface area contributed by atoms with Gasteiger partial charge in [0.25, 0.3) is 0 Å². The molecule has 0 unspecified atom stereocenters. The highest BCUT2D eigenvalue weighted by Crippen LogP contribution is 2.43. The van der Waals surface area contributed by atoms with E-state index >= 15 is 0 Å². The van der Waals surface area contributed by atoms with Gasteiger partial charge >= 0.3 is 11.4 Å². The minimum atomic E-state index is -3.50. The molecule has 0 aliphatic heterocycles. The molecule has 2 nitrogen and oxygen atoms in total. The second kappa shape index (κ2) is 6.76. The maximum absolute atomic E-state index is 13.5. The van der Waals surface area contributed by atoms with Crippen molar-refractivity contribution in [3.05, 3.63) is 28.8 Å². The van der Waals surface area contributed by atoms with E-state index in [0.717, 1.165) is 12.5 Å². The molecule has 1 aromatic rings. The molecule has 20 heavy (non-hydrogen) atoms. The number of rotatable bonds is 6. The van der Waals surface area contributed by atoms with Crippen molar-refractivity contribution in [1.29, 1.82) is 0 Å². The van der Waals surface area contributed by atoms with Crippen molar-refractivity contribution >= 4 is 29.3 Å². The summed E-state index contributed by atoms with van der Waals surface area (Å²) in [6.45, 7) is 5.61. The highest BCUT2D eigenvalue weighted by atomic mass is 35.5. The molecular formula is C14H17ClF2O2S. The van der Waals surface area contributed by atoms with E-state index in [9.17, 15) is 18.7 Å². The van der Waals surface area contributed by atoms with Gasteiger partial charge in [0.2, 0.25) is 0 Å². The Hall–Kier alpha value is -0.810. The third-order valence-corrected chi connectivity index (χ3v) is 4.69. The van der Waals surface area contributed by atoms with Crippen LogP contribution in [0, 0.1) is 0 Å². The fourth-order valence-corrected chi connectivity index (χ4v) is 3.32. The number of thioether (sulfide) groups is 1. The Labute approximate surface area is 126 Å². The Morgan fingerprint density at radius 1 is 1.45 bits per heavy atom. The van der Waals surface area contributed by atoms with E-state index in [1.54, 1.807) is 6.92 Å². The maximum Gasteiger partial charge on any atom is 0.349 e. The summed E-state index contributed by atoms with van der Waals surface area (Å²) >= 11 is 6.41. The van der Waals surface area contributed by atoms with Crippen LogP contribution in [0.25, 0.3) is 0 Å². The molecule has 1 rings (SSSR count). The number of hydrogen-bond donors (Lipinski definition) is 1. The smallest absolute Gasteiger partial charge is 0.349 e. The van der Waals surface area contributed by atoms with Crippen LogP contribution in [0.15, 0.2) is 17.0 Å². The number of halogens is 3. The summed E-state index contributed by atoms with van der Waals surface area (Å²) in [6.07, 6.45) is 1.15. The number of hydrogen-bond acceptors (Lipinski definition) is 2. The van der Waals surface area contributed by atoms with E-state index in [4.69, 9.17) is 11.6 Å². The van der Waals surface area contributed by atoms with Crippen molar-refractivity contribution in [2.24, 2.45) is 0 Å². The van der Waals surface area contributed by atoms with Crippen molar-refractivity contribution in [1.82, 2.24) is 0 Å². The first-order valence-electron chi connectivity index (χ1n) is 6.35. The fraction of sp³-hybridized carbons (Fsp3) is 0.500. The SMILES string of the molecule is CCc1c(C(=O)O)ccc(C(F)(F)Cl)c1S[C@H](C)CC. The van der Waals surface area contributed by atoms with E-state index in [0.29, 0.717) is 16.9 Å². The van der Waals surface area contributed by atoms with Crippen molar-refractivity contribution in [3.8, 4) is 0 Å². The number of carboxylic acid groups (broad SMARTS) is 1. The van der Waals surface area contributed by atoms with E-state index in [-0.39, 0.29) is 16.4 Å². The maximum atomic E-state index is 13.5. The number of carbonyl (C=O) groups is 1. The summed E-state index contributed by atoms with van der Waals surface area (Å²) in [5, 5.41) is 5.77. The van der Waals surface area contributed by atoms with Crippen LogP contribution < -0.4 is 0 Å². The summed E-state index contributed by atoms with van der Waals surface area (Å²) in [5.41, 5.74) is 0.162. The first-order chi connectivity index (χ1) is 9.22. The van der Waals surface area contributed by atoms with E-state index < -0.39 is 11.4 Å². The summed E-state index contributed by atoms with van der Waals surface area (Å²) in [5.74, 6) is -1.11. The van der Waals surface area contributed by atoms with Gasteiger partial charge in [0.05, 0.1) is 11.1 Å². The second-order valence-electron chi connectivity index (χ2n) is 4.46. The zero-order valence-electron chi connectivity index (χ0n) is 11.5. The Bertz CT molecular complexity index is 501. The molecule has 1 atom stereocenters. The number of aromatic carboxylic acids is 1. The quantitative estimate of drug-likeness (QED) is 0.583. The largest absolute Gasteiger partial charge is 0.478 e. The molecule has 0 saturated heterocycles. The molecule has 0 fully saturated rings. The first-order valence-corrected chi connectivity index (χ1v) is 7.61. The minimum absolute atomic E-state index is 0.0583. The average Bonchev–Trinajstić information content (AvgIpc) is 2.36. The van der Waals surface area contributed by atoms with Crippen LogP contribution in [0.5, 0.6) is 0 Å². The predicted molar refractivity (Wildman–Crippen MR) is 78.1 cm³/mol. The van der Waals surface area contributed by atoms with Crippen molar-refractivity contribution < 1.29 is 18.7 Å². The molecule has 0 aromatic heterocycles. The molecule has 1 N–H and O–H groups in total. The van der Waals surface area contributed by atoms with Crippen LogP contribution in [0.1, 0.15) is 48.7 Å². The van der Waals surface area contributed by atoms with Gasteiger partial charge in [-0.25, -0.2) is 4.79 Å². The Kier molecular flexibility index (Phi) is 5.83. The zero-order chi connectivity index (χ0) is 15.5. The van der Waals surface area contributed by atoms with Gasteiger partial charge in [-0.05, 0) is 42.1 Å². The van der Waals surface area contributed by atoms with Gasteiger partial charge in [0.1, 0.15) is 0 Å². The average molecular weight is 323 g/mol. The highest BCUT2D eigenvalue weighted by Gasteiger charge is 2.33. The third kappa shape index (κ3) is 3.85. The predicted octanol–water partition coefficient (Wildman–Crippen LogP) is 5.13. The van der Waals surface area contributed by atoms with Gasteiger partial charge in [0.15, 0.2) is 0 Å². The Balaban J connectivity index is 3.51. The van der Waals surface area contributed by atoms with Gasteiger partial charge in [-0.2, -0.15) is 8.78 Å². The molecule has 0 saturated carbocycles. The van der Waals surface area contributed by atoms with Crippen molar-refractivity contribution in [2.75, 3.05) is 0 Å². The van der Waals surface area contributed by atoms with Crippen molar-refractivity contribution in [3.63, 3.8) is 0 Å². The molecule has 112 valence electrons. The monoisotopic (exact) mass is 322 g/mol. The number of carboxylic acids is 1. The molecule has 0 aliphatic rings. The molecule has 0 radical (unpaired) electrons. The first kappa shape index (κ1) is 17.2. The van der Waals surface area contributed by atoms with Crippen LogP contribution in [0.3, 0.4) is 0 Å². The van der Waals surface area contributed by atoms with Gasteiger partial charge < -0.3 is 5.11 Å². The summed E-state index contributed by atoms with van der Waals surface area (Å²) in [7, 11) is 0. The zero-order valence-corrected chi connectivity index (χ0v) is 13.1. The van der Waals surface area contributed by atoms with E-state index in [2.05, 4.69) is 0 Å². The normalized spacial score (nSPS) is 13.3. The highest BCUT2D eigenvalue weighted by molar-refractivity contribution is 8.00. The Morgan fingerprint density at radius 2 is 2.05 bits per heavy atom. The molecular weight excluding hydrogens is 306 g/mol. The number of benzene rings is 1. The fourth-order valence-electron chi connectivity index (χ4n) is 1.82. The van der Waals surface area contributed by atoms with Gasteiger partial charge in [-0.1, -0.05) is 20.8 Å². The second-order valence-corrected chi connectivity index (χ2v) is 6.38. The topological polar surface area (TPSA) is 37.3 Å². The van der Waals surface area contributed by atoms with Crippen LogP contribution in [-0.2, 0) is 11.8 Å². The molecule has 0 bridgehead atoms. The molecule has 0 aliphatic carbocycles. The third-order valence-electron chi connectivity index (χ3n) is 3.04. The van der Waals surface area contributed by atoms with Crippen LogP contribution in [0.2, 0.25) is 0 Å². The molecule has 0 spiro atoms. The lowest BCUT2D eigenvalue weighted by Crippen LogP contribution is -2.12. The summed E-state index contributed by atoms with van der Waals surface area (Å²) in [4.78, 5) is 11.5. The molecule has 1 aromatic carbocycles. The standard InChI is InChI=1S/C14H17ClF2O2S/c1-4-8(3)20-12-9(5-2)10(13(18)19)6-7-11(12)14(15,16)17/h6-8H,4-5H2,1-3H3,(H,18,19)/t8-/m1/s1. The molecule has 0 amide bonds. The lowest BCUT2D eigenvalue weighted by Gasteiger charge is -2.20. The lowest BCUT2D eigenvalue weighted by atomic mass is 10.0. The summed E-state index contributed by atoms with van der Waals surface area (Å²) in [6, 6.07) is 2.31. The van der Waals surface area contributed by atoms with Gasteiger partial charge in [0, 0.05) is 10.1 Å². The van der Waals surface area contributed by atoms with Crippen LogP contribution in [0.4, 0.5) is 8.78 Å². The van der Waals surface area contributed by atoms with Gasteiger partial charge in [-0.3, -0.25) is 0 Å². The Morgan fingerprint density at radius 3 is 2.45 bits per heavy atom. The molecule has 6 heteroatoms. The minimum Gasteiger partial charge on any atom is -0.478 e. The number of alkyl halides is 3. The molecule has 0 heterocycles. The lowest BCUT2D eigenvalue weighted by molar-refractivity contribution is 0.0692. The van der Waals surface area contributed by atoms with Crippen LogP contribution >= 0.6 is 23.4 Å². The van der Waals surface area contributed by atoms with Gasteiger partial charge in [-0.15, -0.1) is 11.8 Å². The van der Waals surface area contributed by atoms with E-state index in [1.165, 1.54) is 17.8 Å². The summed E-state index contributed by atoms with van der Waals surface area (Å²) < 4.78 is 27.0. The van der Waals surface area contributed by atoms with Crippen molar-refractivity contribution in [2.45, 2.75) is 49.1 Å².